The molecule has 57 heavy (non-hydrogen) atoms. The van der Waals surface area contributed by atoms with Gasteiger partial charge in [-0.2, -0.15) is 10.1 Å². The van der Waals surface area contributed by atoms with Gasteiger partial charge in [-0.05, 0) is 113 Å². The Balaban J connectivity index is 0.000000179. The van der Waals surface area contributed by atoms with E-state index in [0.717, 1.165) is 38.2 Å². The molecule has 15 heteroatoms. The number of hydrogen-bond acceptors (Lipinski definition) is 12. The molecule has 0 aromatic heterocycles. The molecular formula is C42H58Br2N2O10Si. The van der Waals surface area contributed by atoms with Crippen molar-refractivity contribution in [1.29, 1.82) is 0 Å². The van der Waals surface area contributed by atoms with E-state index in [1.807, 2.05) is 50.2 Å². The zero-order valence-corrected chi connectivity index (χ0v) is 38.3. The molecule has 8 rings (SSSR count). The van der Waals surface area contributed by atoms with Gasteiger partial charge in [0.15, 0.2) is 8.32 Å². The lowest BCUT2D eigenvalue weighted by Gasteiger charge is -2.37. The van der Waals surface area contributed by atoms with E-state index in [0.29, 0.717) is 38.1 Å². The Morgan fingerprint density at radius 3 is 1.60 bits per heavy atom. The molecule has 2 aliphatic carbocycles. The highest BCUT2D eigenvalue weighted by Gasteiger charge is 2.58. The summed E-state index contributed by atoms with van der Waals surface area (Å²) < 4.78 is 31.4. The first-order valence-electron chi connectivity index (χ1n) is 20.4. The zero-order chi connectivity index (χ0) is 40.8. The molecule has 6 fully saturated rings. The maximum atomic E-state index is 12.7. The number of cyclic esters (lactones) is 2. The van der Waals surface area contributed by atoms with Crippen LogP contribution in [0, 0.1) is 23.7 Å². The van der Waals surface area contributed by atoms with Gasteiger partial charge < -0.3 is 28.5 Å². The number of carbonyl (C=O) groups excluding carboxylic acids is 2. The molecular weight excluding hydrogens is 880 g/mol. The van der Waals surface area contributed by atoms with Crippen molar-refractivity contribution < 1.29 is 47.7 Å². The second kappa shape index (κ2) is 17.5. The van der Waals surface area contributed by atoms with E-state index >= 15 is 0 Å². The van der Waals surface area contributed by atoms with Crippen molar-refractivity contribution in [2.45, 2.75) is 128 Å². The van der Waals surface area contributed by atoms with Gasteiger partial charge in [0.25, 0.3) is 0 Å². The molecule has 0 spiro atoms. The van der Waals surface area contributed by atoms with Gasteiger partial charge in [0.1, 0.15) is 48.0 Å². The van der Waals surface area contributed by atoms with Gasteiger partial charge in [-0.15, -0.1) is 0 Å². The number of nitrogens with zero attached hydrogens (tertiary/aromatic N) is 2. The largest absolute Gasteiger partial charge is 0.492 e. The Morgan fingerprint density at radius 2 is 1.18 bits per heavy atom. The van der Waals surface area contributed by atoms with Crippen molar-refractivity contribution in [2.75, 3.05) is 26.4 Å². The number of esters is 2. The third-order valence-corrected chi connectivity index (χ3v) is 18.3. The van der Waals surface area contributed by atoms with Gasteiger partial charge in [-0.1, -0.05) is 45.0 Å². The lowest BCUT2D eigenvalue weighted by molar-refractivity contribution is -0.196. The SMILES string of the molecule is C[C@@H]1OC(=O)[C@@H]2[C@H]1[C@H](CO)ON2Cc1cccc(Br)c1OCC1CC1.C[C@@H]1OC(=O)[C@@H]2[C@H]1[C@H](CO[Si](C)(C)C(C)(C)C)ON2Cc1cccc(Br)c1OCC1CC1. The highest BCUT2D eigenvalue weighted by Crippen LogP contribution is 2.44. The summed E-state index contributed by atoms with van der Waals surface area (Å²) in [7, 11) is -1.93. The number of aliphatic hydroxyl groups excluding tert-OH is 1. The van der Waals surface area contributed by atoms with Gasteiger partial charge in [-0.25, -0.2) is 0 Å². The number of halogens is 2. The molecule has 8 atom stereocenters. The predicted octanol–water partition coefficient (Wildman–Crippen LogP) is 7.58. The van der Waals surface area contributed by atoms with Crippen molar-refractivity contribution in [3.05, 3.63) is 56.5 Å². The maximum absolute atomic E-state index is 12.7. The monoisotopic (exact) mass is 936 g/mol. The third-order valence-electron chi connectivity index (χ3n) is 12.6. The average Bonchev–Trinajstić information content (AvgIpc) is 4.04. The summed E-state index contributed by atoms with van der Waals surface area (Å²) in [4.78, 5) is 37.2. The molecule has 0 amide bonds. The molecule has 2 aromatic rings. The van der Waals surface area contributed by atoms with Crippen LogP contribution in [0.3, 0.4) is 0 Å². The van der Waals surface area contributed by atoms with E-state index in [4.69, 9.17) is 33.0 Å². The molecule has 2 saturated carbocycles. The Hall–Kier alpha value is -2.08. The quantitative estimate of drug-likeness (QED) is 0.148. The number of hydroxylamine groups is 4. The summed E-state index contributed by atoms with van der Waals surface area (Å²) in [5, 5.41) is 13.2. The fourth-order valence-corrected chi connectivity index (χ4v) is 9.86. The van der Waals surface area contributed by atoms with Crippen molar-refractivity contribution >= 4 is 52.1 Å². The maximum Gasteiger partial charge on any atom is 0.326 e. The van der Waals surface area contributed by atoms with Crippen LogP contribution in [0.1, 0.15) is 71.4 Å². The molecule has 314 valence electrons. The summed E-state index contributed by atoms with van der Waals surface area (Å²) >= 11 is 7.19. The van der Waals surface area contributed by atoms with Gasteiger partial charge in [-0.3, -0.25) is 19.3 Å². The average molecular weight is 939 g/mol. The fourth-order valence-electron chi connectivity index (χ4n) is 7.80. The lowest BCUT2D eigenvalue weighted by atomic mass is 9.93. The summed E-state index contributed by atoms with van der Waals surface area (Å²) in [6.07, 6.45) is 3.83. The summed E-state index contributed by atoms with van der Waals surface area (Å²) in [6.45, 7) is 17.6. The number of aliphatic hydroxyl groups is 1. The lowest BCUT2D eigenvalue weighted by Crippen LogP contribution is -2.44. The Morgan fingerprint density at radius 1 is 0.737 bits per heavy atom. The van der Waals surface area contributed by atoms with E-state index in [-0.39, 0.29) is 53.7 Å². The van der Waals surface area contributed by atoms with Gasteiger partial charge >= 0.3 is 11.9 Å². The third kappa shape index (κ3) is 9.62. The van der Waals surface area contributed by atoms with Gasteiger partial charge in [0, 0.05) is 11.1 Å². The minimum atomic E-state index is -1.93. The first-order valence-corrected chi connectivity index (χ1v) is 24.9. The molecule has 0 bridgehead atoms. The van der Waals surface area contributed by atoms with Crippen LogP contribution in [0.5, 0.6) is 11.5 Å². The molecule has 0 radical (unpaired) electrons. The number of benzene rings is 2. The Kier molecular flexibility index (Phi) is 13.2. The molecule has 6 aliphatic rings. The fraction of sp³-hybridized carbons (Fsp3) is 0.667. The predicted molar refractivity (Wildman–Crippen MR) is 221 cm³/mol. The molecule has 0 unspecified atom stereocenters. The van der Waals surface area contributed by atoms with Crippen LogP contribution in [0.2, 0.25) is 18.1 Å². The highest BCUT2D eigenvalue weighted by molar-refractivity contribution is 9.11. The summed E-state index contributed by atoms with van der Waals surface area (Å²) in [5.74, 6) is 2.23. The van der Waals surface area contributed by atoms with E-state index in [1.165, 1.54) is 25.7 Å². The second-order valence-corrected chi connectivity index (χ2v) is 24.5. The van der Waals surface area contributed by atoms with Crippen molar-refractivity contribution in [3.63, 3.8) is 0 Å². The number of rotatable bonds is 14. The number of ether oxygens (including phenoxy) is 4. The minimum Gasteiger partial charge on any atom is -0.492 e. The van der Waals surface area contributed by atoms with Crippen LogP contribution in [-0.4, -0.2) is 98.4 Å². The van der Waals surface area contributed by atoms with Gasteiger partial charge in [0.2, 0.25) is 0 Å². The van der Waals surface area contributed by atoms with Crippen LogP contribution in [0.4, 0.5) is 0 Å². The first-order chi connectivity index (χ1) is 27.1. The van der Waals surface area contributed by atoms with Crippen molar-refractivity contribution in [3.8, 4) is 11.5 Å². The molecule has 2 aromatic carbocycles. The Bertz CT molecular complexity index is 1770. The van der Waals surface area contributed by atoms with Crippen LogP contribution in [0.15, 0.2) is 45.3 Å². The molecule has 4 saturated heterocycles. The van der Waals surface area contributed by atoms with E-state index in [9.17, 15) is 14.7 Å². The van der Waals surface area contributed by atoms with Crippen LogP contribution < -0.4 is 9.47 Å². The Labute approximate surface area is 354 Å². The van der Waals surface area contributed by atoms with Crippen LogP contribution in [0.25, 0.3) is 0 Å². The van der Waals surface area contributed by atoms with E-state index in [1.54, 1.807) is 10.1 Å². The normalized spacial score (nSPS) is 30.1. The molecule has 4 aliphatic heterocycles. The molecule has 12 nitrogen and oxygen atoms in total. The van der Waals surface area contributed by atoms with Crippen molar-refractivity contribution in [2.24, 2.45) is 23.7 Å². The standard InChI is InChI=1S/C24H36BrNO5Si.C18H22BrNO5/c1-15-20-19(14-29-32(5,6)24(2,3)4)31-26(21(20)23(27)30-15)12-17-8-7-9-18(25)22(17)28-13-16-10-11-16;1-10-15-14(8-21)25-20(16(15)18(22)24-10)7-12-3-2-4-13(19)17(12)23-9-11-5-6-11/h7-9,15-16,19-21H,10-14H2,1-6H3;2-4,10-11,14-16,21H,5-9H2,1H3/t15-,19-,20+,21-;10-,14-,15+,16-/m00/s1. The van der Waals surface area contributed by atoms with E-state index in [2.05, 4.69) is 65.7 Å². The molecule has 1 N–H and O–H groups in total. The van der Waals surface area contributed by atoms with Crippen LogP contribution in [-0.2, 0) is 46.3 Å². The number of hydrogen-bond donors (Lipinski definition) is 1. The second-order valence-electron chi connectivity index (χ2n) is 18.0. The summed E-state index contributed by atoms with van der Waals surface area (Å²) in [6, 6.07) is 11.0. The van der Waals surface area contributed by atoms with Crippen LogP contribution >= 0.6 is 31.9 Å². The molecule has 4 heterocycles. The highest BCUT2D eigenvalue weighted by atomic mass is 79.9. The zero-order valence-electron chi connectivity index (χ0n) is 34.1. The number of carbonyl (C=O) groups is 2. The summed E-state index contributed by atoms with van der Waals surface area (Å²) in [5.41, 5.74) is 1.94. The van der Waals surface area contributed by atoms with E-state index < -0.39 is 26.5 Å². The topological polar surface area (TPSA) is 125 Å². The minimum absolute atomic E-state index is 0.0461. The van der Waals surface area contributed by atoms with Gasteiger partial charge in [0.05, 0.1) is 60.3 Å². The number of para-hydroxylation sites is 2. The number of fused-ring (bicyclic) bond motifs is 2. The van der Waals surface area contributed by atoms with Crippen molar-refractivity contribution in [1.82, 2.24) is 10.1 Å². The smallest absolute Gasteiger partial charge is 0.326 e. The first kappa shape index (κ1) is 43.0.